The van der Waals surface area contributed by atoms with Crippen LogP contribution in [0, 0.1) is 0 Å². The molecular weight excluding hydrogens is 240 g/mol. The van der Waals surface area contributed by atoms with Gasteiger partial charge in [-0.05, 0) is 23.8 Å². The Balaban J connectivity index is 1.96. The minimum absolute atomic E-state index is 0.163. The summed E-state index contributed by atoms with van der Waals surface area (Å²) < 4.78 is 6.00. The van der Waals surface area contributed by atoms with Crippen molar-refractivity contribution in [1.29, 1.82) is 0 Å². The molecule has 88 valence electrons. The van der Waals surface area contributed by atoms with Crippen LogP contribution in [-0.2, 0) is 0 Å². The standard InChI is InChI=1S/C16H12OS/c18-15-11-10-12-6-4-5-9-14(12)16(15)17-13-7-2-1-3-8-13/h1-11,16H. The van der Waals surface area contributed by atoms with Crippen molar-refractivity contribution in [3.63, 3.8) is 0 Å². The van der Waals surface area contributed by atoms with Crippen LogP contribution >= 0.6 is 12.2 Å². The maximum atomic E-state index is 6.00. The first-order valence-electron chi connectivity index (χ1n) is 5.87. The highest BCUT2D eigenvalue weighted by atomic mass is 32.1. The number of hydrogen-bond donors (Lipinski definition) is 0. The van der Waals surface area contributed by atoms with E-state index >= 15 is 0 Å². The van der Waals surface area contributed by atoms with Gasteiger partial charge in [0.05, 0.1) is 4.86 Å². The number of hydrogen-bond acceptors (Lipinski definition) is 2. The Hall–Kier alpha value is -1.93. The molecule has 1 aliphatic rings. The molecule has 0 spiro atoms. The summed E-state index contributed by atoms with van der Waals surface area (Å²) in [5.74, 6) is 0.843. The maximum Gasteiger partial charge on any atom is 0.159 e. The first kappa shape index (κ1) is 11.2. The van der Waals surface area contributed by atoms with Gasteiger partial charge in [0.2, 0.25) is 0 Å². The van der Waals surface area contributed by atoms with E-state index in [1.807, 2.05) is 54.6 Å². The first-order valence-corrected chi connectivity index (χ1v) is 6.28. The Labute approximate surface area is 112 Å². The topological polar surface area (TPSA) is 9.23 Å². The number of benzene rings is 2. The van der Waals surface area contributed by atoms with Crippen LogP contribution in [0.3, 0.4) is 0 Å². The van der Waals surface area contributed by atoms with E-state index in [4.69, 9.17) is 17.0 Å². The molecule has 0 bridgehead atoms. The second-order valence-electron chi connectivity index (χ2n) is 4.18. The highest BCUT2D eigenvalue weighted by Gasteiger charge is 2.22. The van der Waals surface area contributed by atoms with Crippen molar-refractivity contribution >= 4 is 23.2 Å². The summed E-state index contributed by atoms with van der Waals surface area (Å²) >= 11 is 5.39. The minimum Gasteiger partial charge on any atom is -0.480 e. The normalized spacial score (nSPS) is 17.3. The number of fused-ring (bicyclic) bond motifs is 1. The van der Waals surface area contributed by atoms with E-state index in [1.54, 1.807) is 0 Å². The SMILES string of the molecule is S=C1C=Cc2ccccc2C1Oc1ccccc1. The van der Waals surface area contributed by atoms with E-state index in [0.717, 1.165) is 16.2 Å². The Morgan fingerprint density at radius 1 is 0.833 bits per heavy atom. The molecule has 0 heterocycles. The number of rotatable bonds is 2. The lowest BCUT2D eigenvalue weighted by Crippen LogP contribution is -2.19. The van der Waals surface area contributed by atoms with Gasteiger partial charge in [-0.15, -0.1) is 0 Å². The first-order chi connectivity index (χ1) is 8.84. The molecule has 0 saturated heterocycles. The van der Waals surface area contributed by atoms with Crippen LogP contribution in [0.1, 0.15) is 17.2 Å². The summed E-state index contributed by atoms with van der Waals surface area (Å²) in [5.41, 5.74) is 2.31. The van der Waals surface area contributed by atoms with Crippen LogP contribution in [0.5, 0.6) is 5.75 Å². The predicted molar refractivity (Wildman–Crippen MR) is 77.9 cm³/mol. The molecule has 0 aromatic heterocycles. The second kappa shape index (κ2) is 4.75. The molecule has 0 radical (unpaired) electrons. The summed E-state index contributed by atoms with van der Waals surface area (Å²) in [7, 11) is 0. The molecule has 1 nitrogen and oxygen atoms in total. The van der Waals surface area contributed by atoms with Crippen LogP contribution in [0.2, 0.25) is 0 Å². The Bertz CT molecular complexity index is 602. The van der Waals surface area contributed by atoms with Crippen molar-refractivity contribution in [3.05, 3.63) is 71.8 Å². The van der Waals surface area contributed by atoms with Gasteiger partial charge < -0.3 is 4.74 Å². The Morgan fingerprint density at radius 3 is 2.39 bits per heavy atom. The molecule has 1 atom stereocenters. The van der Waals surface area contributed by atoms with Gasteiger partial charge in [0, 0.05) is 5.56 Å². The van der Waals surface area contributed by atoms with Crippen molar-refractivity contribution in [1.82, 2.24) is 0 Å². The van der Waals surface area contributed by atoms with Crippen LogP contribution in [0.15, 0.2) is 60.7 Å². The van der Waals surface area contributed by atoms with Crippen molar-refractivity contribution < 1.29 is 4.74 Å². The van der Waals surface area contributed by atoms with Crippen molar-refractivity contribution in [2.75, 3.05) is 0 Å². The lowest BCUT2D eigenvalue weighted by atomic mass is 9.94. The fourth-order valence-corrected chi connectivity index (χ4v) is 2.31. The molecule has 2 aromatic rings. The zero-order chi connectivity index (χ0) is 12.4. The van der Waals surface area contributed by atoms with E-state index in [-0.39, 0.29) is 6.10 Å². The average molecular weight is 252 g/mol. The molecule has 1 aliphatic carbocycles. The number of thiocarbonyl (C=S) groups is 1. The zero-order valence-corrected chi connectivity index (χ0v) is 10.6. The third-order valence-electron chi connectivity index (χ3n) is 2.96. The van der Waals surface area contributed by atoms with Crippen LogP contribution in [0.4, 0.5) is 0 Å². The van der Waals surface area contributed by atoms with Gasteiger partial charge in [0.1, 0.15) is 5.75 Å². The fourth-order valence-electron chi connectivity index (χ4n) is 2.07. The van der Waals surface area contributed by atoms with Gasteiger partial charge in [-0.25, -0.2) is 0 Å². The van der Waals surface area contributed by atoms with E-state index in [0.29, 0.717) is 0 Å². The quantitative estimate of drug-likeness (QED) is 0.741. The monoisotopic (exact) mass is 252 g/mol. The second-order valence-corrected chi connectivity index (χ2v) is 4.65. The third kappa shape index (κ3) is 2.07. The lowest BCUT2D eigenvalue weighted by molar-refractivity contribution is 0.276. The van der Waals surface area contributed by atoms with E-state index in [9.17, 15) is 0 Å². The van der Waals surface area contributed by atoms with Crippen LogP contribution in [0.25, 0.3) is 6.08 Å². The molecule has 0 saturated carbocycles. The van der Waals surface area contributed by atoms with Gasteiger partial charge >= 0.3 is 0 Å². The van der Waals surface area contributed by atoms with Gasteiger partial charge in [-0.1, -0.05) is 60.8 Å². The summed E-state index contributed by atoms with van der Waals surface area (Å²) in [6.07, 6.45) is 3.83. The van der Waals surface area contributed by atoms with Gasteiger partial charge in [0.15, 0.2) is 6.10 Å². The molecule has 1 unspecified atom stereocenters. The average Bonchev–Trinajstić information content (AvgIpc) is 2.43. The molecule has 18 heavy (non-hydrogen) atoms. The fraction of sp³-hybridized carbons (Fsp3) is 0.0625. The molecule has 0 N–H and O–H groups in total. The molecule has 2 heteroatoms. The van der Waals surface area contributed by atoms with Crippen molar-refractivity contribution in [3.8, 4) is 5.75 Å². The smallest absolute Gasteiger partial charge is 0.159 e. The molecule has 3 rings (SSSR count). The summed E-state index contributed by atoms with van der Waals surface area (Å²) in [6.45, 7) is 0. The van der Waals surface area contributed by atoms with E-state index in [2.05, 4.69) is 12.1 Å². The minimum atomic E-state index is -0.163. The number of para-hydroxylation sites is 1. The van der Waals surface area contributed by atoms with Crippen molar-refractivity contribution in [2.24, 2.45) is 0 Å². The lowest BCUT2D eigenvalue weighted by Gasteiger charge is -2.23. The molecule has 0 aliphatic heterocycles. The van der Waals surface area contributed by atoms with Crippen LogP contribution in [-0.4, -0.2) is 4.86 Å². The molecule has 2 aromatic carbocycles. The maximum absolute atomic E-state index is 6.00. The van der Waals surface area contributed by atoms with Gasteiger partial charge in [-0.2, -0.15) is 0 Å². The highest BCUT2D eigenvalue weighted by molar-refractivity contribution is 7.80. The summed E-state index contributed by atoms with van der Waals surface area (Å²) in [4.78, 5) is 0.817. The molecule has 0 amide bonds. The molecule has 0 fully saturated rings. The largest absolute Gasteiger partial charge is 0.480 e. The van der Waals surface area contributed by atoms with E-state index in [1.165, 1.54) is 5.56 Å². The zero-order valence-electron chi connectivity index (χ0n) is 9.74. The highest BCUT2D eigenvalue weighted by Crippen LogP contribution is 2.30. The Kier molecular flexibility index (Phi) is 2.95. The predicted octanol–water partition coefficient (Wildman–Crippen LogP) is 4.20. The third-order valence-corrected chi connectivity index (χ3v) is 3.31. The van der Waals surface area contributed by atoms with Crippen LogP contribution < -0.4 is 4.74 Å². The number of ether oxygens (including phenoxy) is 1. The van der Waals surface area contributed by atoms with Gasteiger partial charge in [-0.3, -0.25) is 0 Å². The summed E-state index contributed by atoms with van der Waals surface area (Å²) in [6, 6.07) is 18.0. The summed E-state index contributed by atoms with van der Waals surface area (Å²) in [5, 5.41) is 0. The Morgan fingerprint density at radius 2 is 1.56 bits per heavy atom. The van der Waals surface area contributed by atoms with Gasteiger partial charge in [0.25, 0.3) is 0 Å². The van der Waals surface area contributed by atoms with Crippen molar-refractivity contribution in [2.45, 2.75) is 6.10 Å². The molecular formula is C16H12OS. The van der Waals surface area contributed by atoms with E-state index < -0.39 is 0 Å².